The molecule has 3 aromatic rings. The SMILES string of the molecule is Cc1nc(COCC2CN(C(=O)OC(C)(C)C)C2)c(-c2ccc(OCCc3ccc(F)cc3)cc2)c(N2CCC(C)(C)CC2)c1[C@H](OC(C)(C)C)C(=O)O. The molecule has 2 aromatic carbocycles. The van der Waals surface area contributed by atoms with Crippen molar-refractivity contribution >= 4 is 17.7 Å². The Morgan fingerprint density at radius 1 is 0.963 bits per heavy atom. The van der Waals surface area contributed by atoms with Crippen molar-refractivity contribution in [3.63, 3.8) is 0 Å². The van der Waals surface area contributed by atoms with Gasteiger partial charge in [0.05, 0.1) is 36.8 Å². The summed E-state index contributed by atoms with van der Waals surface area (Å²) in [6, 6.07) is 14.2. The van der Waals surface area contributed by atoms with Crippen LogP contribution in [-0.2, 0) is 32.0 Å². The minimum atomic E-state index is -1.25. The monoisotopic (exact) mass is 747 g/mol. The third-order valence-electron chi connectivity index (χ3n) is 9.78. The first kappa shape index (κ1) is 41.0. The van der Waals surface area contributed by atoms with E-state index in [1.807, 2.05) is 72.7 Å². The van der Waals surface area contributed by atoms with E-state index in [0.717, 1.165) is 48.3 Å². The summed E-state index contributed by atoms with van der Waals surface area (Å²) >= 11 is 0. The Morgan fingerprint density at radius 2 is 1.59 bits per heavy atom. The number of likely N-dealkylation sites (tertiary alicyclic amines) is 1. The number of carbonyl (C=O) groups is 2. The number of ether oxygens (including phenoxy) is 4. The van der Waals surface area contributed by atoms with E-state index in [0.29, 0.717) is 55.4 Å². The largest absolute Gasteiger partial charge is 0.493 e. The molecular formula is C43H58FN3O7. The predicted molar refractivity (Wildman–Crippen MR) is 207 cm³/mol. The van der Waals surface area contributed by atoms with Crippen LogP contribution < -0.4 is 9.64 Å². The number of benzene rings is 2. The first-order chi connectivity index (χ1) is 25.3. The number of carbonyl (C=O) groups excluding carboxylic acids is 1. The Hall–Kier alpha value is -4.22. The van der Waals surface area contributed by atoms with Crippen LogP contribution >= 0.6 is 0 Å². The van der Waals surface area contributed by atoms with Crippen LogP contribution in [0.1, 0.15) is 96.9 Å². The van der Waals surface area contributed by atoms with Crippen molar-refractivity contribution in [1.29, 1.82) is 0 Å². The minimum absolute atomic E-state index is 0.155. The zero-order chi connectivity index (χ0) is 39.4. The van der Waals surface area contributed by atoms with Crippen LogP contribution in [0, 0.1) is 24.1 Å². The van der Waals surface area contributed by atoms with Crippen molar-refractivity contribution in [2.75, 3.05) is 44.3 Å². The van der Waals surface area contributed by atoms with Gasteiger partial charge in [0.25, 0.3) is 0 Å². The Balaban J connectivity index is 1.48. The van der Waals surface area contributed by atoms with Crippen molar-refractivity contribution in [2.45, 2.75) is 105 Å². The van der Waals surface area contributed by atoms with Crippen molar-refractivity contribution in [1.82, 2.24) is 9.88 Å². The third-order valence-corrected chi connectivity index (χ3v) is 9.78. The lowest BCUT2D eigenvalue weighted by Crippen LogP contribution is -2.53. The number of amides is 1. The lowest BCUT2D eigenvalue weighted by molar-refractivity contribution is -0.160. The zero-order valence-corrected chi connectivity index (χ0v) is 33.5. The molecule has 2 saturated heterocycles. The smallest absolute Gasteiger partial charge is 0.410 e. The number of halogens is 1. The fraction of sp³-hybridized carbons (Fsp3) is 0.558. The summed E-state index contributed by atoms with van der Waals surface area (Å²) < 4.78 is 37.6. The quantitative estimate of drug-likeness (QED) is 0.184. The van der Waals surface area contributed by atoms with Gasteiger partial charge in [-0.25, -0.2) is 14.0 Å². The summed E-state index contributed by atoms with van der Waals surface area (Å²) in [6.45, 7) is 21.2. The van der Waals surface area contributed by atoms with Crippen LogP contribution in [0.15, 0.2) is 48.5 Å². The normalized spacial score (nSPS) is 16.9. The average Bonchev–Trinajstić information content (AvgIpc) is 3.04. The summed E-state index contributed by atoms with van der Waals surface area (Å²) in [5.41, 5.74) is 4.13. The number of nitrogens with zero attached hydrogens (tertiary/aromatic N) is 3. The number of anilines is 1. The second-order valence-corrected chi connectivity index (χ2v) is 17.4. The minimum Gasteiger partial charge on any atom is -0.493 e. The first-order valence-electron chi connectivity index (χ1n) is 19.0. The maximum absolute atomic E-state index is 13.4. The number of carboxylic acid groups (broad SMARTS) is 1. The van der Waals surface area contributed by atoms with Crippen molar-refractivity contribution in [3.05, 3.63) is 76.9 Å². The zero-order valence-electron chi connectivity index (χ0n) is 33.5. The molecule has 1 atom stereocenters. The fourth-order valence-electron chi connectivity index (χ4n) is 6.86. The van der Waals surface area contributed by atoms with Gasteiger partial charge in [-0.05, 0) is 102 Å². The predicted octanol–water partition coefficient (Wildman–Crippen LogP) is 8.77. The molecule has 294 valence electrons. The molecule has 2 aliphatic heterocycles. The second kappa shape index (κ2) is 16.7. The summed E-state index contributed by atoms with van der Waals surface area (Å²) in [7, 11) is 0. The van der Waals surface area contributed by atoms with Crippen LogP contribution in [0.3, 0.4) is 0 Å². The van der Waals surface area contributed by atoms with Crippen LogP contribution in [0.4, 0.5) is 14.9 Å². The molecule has 0 unspecified atom stereocenters. The number of aromatic nitrogens is 1. The number of aliphatic carboxylic acids is 1. The molecule has 3 heterocycles. The van der Waals surface area contributed by atoms with E-state index in [2.05, 4.69) is 18.7 Å². The second-order valence-electron chi connectivity index (χ2n) is 17.4. The van der Waals surface area contributed by atoms with Gasteiger partial charge < -0.3 is 33.9 Å². The van der Waals surface area contributed by atoms with E-state index < -0.39 is 23.3 Å². The summed E-state index contributed by atoms with van der Waals surface area (Å²) in [6.07, 6.45) is 0.933. The van der Waals surface area contributed by atoms with Gasteiger partial charge in [-0.2, -0.15) is 0 Å². The van der Waals surface area contributed by atoms with Crippen LogP contribution in [0.5, 0.6) is 5.75 Å². The lowest BCUT2D eigenvalue weighted by atomic mass is 9.81. The molecule has 0 aliphatic carbocycles. The Labute approximate surface area is 319 Å². The molecule has 0 spiro atoms. The first-order valence-corrected chi connectivity index (χ1v) is 19.0. The van der Waals surface area contributed by atoms with Gasteiger partial charge in [-0.3, -0.25) is 4.98 Å². The Morgan fingerprint density at radius 3 is 2.17 bits per heavy atom. The molecular weight excluding hydrogens is 689 g/mol. The number of hydrogen-bond acceptors (Lipinski definition) is 8. The Bertz CT molecular complexity index is 1750. The van der Waals surface area contributed by atoms with Gasteiger partial charge in [-0.1, -0.05) is 38.1 Å². The highest BCUT2D eigenvalue weighted by atomic mass is 19.1. The Kier molecular flexibility index (Phi) is 12.6. The molecule has 11 heteroatoms. The summed E-state index contributed by atoms with van der Waals surface area (Å²) in [5, 5.41) is 10.7. The van der Waals surface area contributed by atoms with Gasteiger partial charge in [0, 0.05) is 55.3 Å². The van der Waals surface area contributed by atoms with Gasteiger partial charge in [0.1, 0.15) is 17.2 Å². The highest BCUT2D eigenvalue weighted by Gasteiger charge is 2.38. The molecule has 5 rings (SSSR count). The summed E-state index contributed by atoms with van der Waals surface area (Å²) in [5.74, 6) is -0.506. The highest BCUT2D eigenvalue weighted by molar-refractivity contribution is 5.88. The van der Waals surface area contributed by atoms with Gasteiger partial charge in [0.2, 0.25) is 0 Å². The molecule has 1 N–H and O–H groups in total. The van der Waals surface area contributed by atoms with Crippen LogP contribution in [0.2, 0.25) is 0 Å². The molecule has 10 nitrogen and oxygen atoms in total. The molecule has 1 aromatic heterocycles. The molecule has 0 saturated carbocycles. The molecule has 54 heavy (non-hydrogen) atoms. The van der Waals surface area contributed by atoms with Gasteiger partial charge >= 0.3 is 12.1 Å². The summed E-state index contributed by atoms with van der Waals surface area (Å²) in [4.78, 5) is 34.6. The molecule has 1 amide bonds. The number of hydrogen-bond donors (Lipinski definition) is 1. The average molecular weight is 748 g/mol. The van der Waals surface area contributed by atoms with Crippen LogP contribution in [-0.4, -0.2) is 77.6 Å². The number of piperidine rings is 1. The van der Waals surface area contributed by atoms with Crippen molar-refractivity contribution in [3.8, 4) is 16.9 Å². The van der Waals surface area contributed by atoms with Crippen LogP contribution in [0.25, 0.3) is 11.1 Å². The maximum atomic E-state index is 13.4. The van der Waals surface area contributed by atoms with Gasteiger partial charge in [0.15, 0.2) is 6.10 Å². The number of aryl methyl sites for hydroxylation is 1. The maximum Gasteiger partial charge on any atom is 0.410 e. The van der Waals surface area contributed by atoms with E-state index in [9.17, 15) is 19.1 Å². The van der Waals surface area contributed by atoms with Crippen molar-refractivity contribution in [2.24, 2.45) is 11.3 Å². The van der Waals surface area contributed by atoms with Crippen molar-refractivity contribution < 1.29 is 38.0 Å². The molecule has 0 radical (unpaired) electrons. The standard InChI is InChI=1S/C43H58FN3O7/c1-28-35(38(39(48)49)53-41(2,3)4)37(46-21-19-43(8,9)20-22-46)36(31-12-16-33(17-13-31)52-23-18-29-10-14-32(44)15-11-29)34(45-28)27-51-26-30-24-47(25-30)40(50)54-42(5,6)7/h10-17,30,38H,18-27H2,1-9H3,(H,48,49)/t38-/m0/s1. The molecule has 0 bridgehead atoms. The van der Waals surface area contributed by atoms with E-state index in [1.54, 1.807) is 17.0 Å². The third kappa shape index (κ3) is 10.9. The lowest BCUT2D eigenvalue weighted by Gasteiger charge is -2.41. The molecule has 2 fully saturated rings. The highest BCUT2D eigenvalue weighted by Crippen LogP contribution is 2.45. The van der Waals surface area contributed by atoms with Gasteiger partial charge in [-0.15, -0.1) is 0 Å². The van der Waals surface area contributed by atoms with E-state index in [4.69, 9.17) is 23.9 Å². The topological polar surface area (TPSA) is 111 Å². The van der Waals surface area contributed by atoms with E-state index in [-0.39, 0.29) is 29.9 Å². The number of pyridine rings is 1. The number of rotatable bonds is 13. The van der Waals surface area contributed by atoms with E-state index in [1.165, 1.54) is 12.1 Å². The molecule has 2 aliphatic rings. The number of carboxylic acids is 1. The van der Waals surface area contributed by atoms with E-state index >= 15 is 0 Å². The fourth-order valence-corrected chi connectivity index (χ4v) is 6.86.